The summed E-state index contributed by atoms with van der Waals surface area (Å²) in [6.45, 7) is 4.79. The van der Waals surface area contributed by atoms with Crippen molar-refractivity contribution >= 4 is 11.8 Å². The Morgan fingerprint density at radius 3 is 2.37 bits per heavy atom. The fraction of sp³-hybridized carbons (Fsp3) is 0.333. The lowest BCUT2D eigenvalue weighted by atomic mass is 10.0. The van der Waals surface area contributed by atoms with Crippen molar-refractivity contribution in [3.05, 3.63) is 59.7 Å². The first-order valence-corrected chi connectivity index (χ1v) is 9.06. The van der Waals surface area contributed by atoms with E-state index < -0.39 is 6.04 Å². The molecule has 0 saturated heterocycles. The van der Waals surface area contributed by atoms with Gasteiger partial charge in [-0.3, -0.25) is 9.59 Å². The Bertz CT molecular complexity index is 805. The van der Waals surface area contributed by atoms with E-state index in [0.29, 0.717) is 24.7 Å². The van der Waals surface area contributed by atoms with Crippen LogP contribution in [0.3, 0.4) is 0 Å². The van der Waals surface area contributed by atoms with Gasteiger partial charge in [-0.25, -0.2) is 0 Å². The molecule has 1 aliphatic heterocycles. The highest BCUT2D eigenvalue weighted by Gasteiger charge is 2.23. The molecule has 2 N–H and O–H groups in total. The number of hydrogen-bond donors (Lipinski definition) is 2. The minimum absolute atomic E-state index is 0.0154. The van der Waals surface area contributed by atoms with Crippen LogP contribution in [0.2, 0.25) is 0 Å². The molecular formula is C21H24N2O4. The Morgan fingerprint density at radius 1 is 0.963 bits per heavy atom. The number of carbonyl (C=O) groups is 2. The highest BCUT2D eigenvalue weighted by molar-refractivity contribution is 5.89. The van der Waals surface area contributed by atoms with E-state index in [4.69, 9.17) is 9.47 Å². The molecule has 1 heterocycles. The van der Waals surface area contributed by atoms with E-state index in [2.05, 4.69) is 10.6 Å². The average Bonchev–Trinajstić information content (AvgIpc) is 2.66. The minimum atomic E-state index is -0.738. The minimum Gasteiger partial charge on any atom is -0.486 e. The topological polar surface area (TPSA) is 76.7 Å². The van der Waals surface area contributed by atoms with Gasteiger partial charge in [0.05, 0.1) is 6.42 Å². The molecule has 1 aliphatic rings. The van der Waals surface area contributed by atoms with Gasteiger partial charge in [-0.15, -0.1) is 0 Å². The Balaban J connectivity index is 1.71. The molecule has 0 aliphatic carbocycles. The lowest BCUT2D eigenvalue weighted by Crippen LogP contribution is -2.43. The van der Waals surface area contributed by atoms with Crippen molar-refractivity contribution in [2.24, 2.45) is 0 Å². The molecule has 0 spiro atoms. The van der Waals surface area contributed by atoms with Crippen LogP contribution in [0.15, 0.2) is 48.5 Å². The summed E-state index contributed by atoms with van der Waals surface area (Å²) in [4.78, 5) is 25.2. The summed E-state index contributed by atoms with van der Waals surface area (Å²) in [5.41, 5.74) is 1.54. The van der Waals surface area contributed by atoms with E-state index in [1.165, 1.54) is 0 Å². The van der Waals surface area contributed by atoms with Crippen molar-refractivity contribution in [1.82, 2.24) is 10.6 Å². The molecule has 1 atom stereocenters. The van der Waals surface area contributed by atoms with Crippen molar-refractivity contribution in [1.29, 1.82) is 0 Å². The Hall–Kier alpha value is -3.02. The molecule has 2 amide bonds. The molecule has 2 aromatic carbocycles. The van der Waals surface area contributed by atoms with Gasteiger partial charge in [-0.05, 0) is 37.1 Å². The van der Waals surface area contributed by atoms with Crippen LogP contribution < -0.4 is 20.1 Å². The fourth-order valence-electron chi connectivity index (χ4n) is 2.91. The van der Waals surface area contributed by atoms with Gasteiger partial charge < -0.3 is 20.1 Å². The Morgan fingerprint density at radius 2 is 1.67 bits per heavy atom. The van der Waals surface area contributed by atoms with Crippen molar-refractivity contribution in [2.75, 3.05) is 13.2 Å². The highest BCUT2D eigenvalue weighted by Crippen LogP contribution is 2.30. The first kappa shape index (κ1) is 18.8. The number of fused-ring (bicyclic) bond motifs is 1. The summed E-state index contributed by atoms with van der Waals surface area (Å²) < 4.78 is 11.1. The van der Waals surface area contributed by atoms with Crippen molar-refractivity contribution < 1.29 is 19.1 Å². The zero-order valence-corrected chi connectivity index (χ0v) is 15.5. The van der Waals surface area contributed by atoms with Gasteiger partial charge >= 0.3 is 0 Å². The van der Waals surface area contributed by atoms with Gasteiger partial charge in [0.2, 0.25) is 11.8 Å². The Labute approximate surface area is 158 Å². The van der Waals surface area contributed by atoms with Crippen LogP contribution in [-0.2, 0) is 16.0 Å². The van der Waals surface area contributed by atoms with Crippen LogP contribution in [0, 0.1) is 0 Å². The second-order valence-electron chi connectivity index (χ2n) is 6.73. The fourth-order valence-corrected chi connectivity index (χ4v) is 2.91. The van der Waals surface area contributed by atoms with Crippen LogP contribution in [-0.4, -0.2) is 31.1 Å². The first-order valence-electron chi connectivity index (χ1n) is 9.06. The summed E-state index contributed by atoms with van der Waals surface area (Å²) in [5, 5.41) is 5.71. The summed E-state index contributed by atoms with van der Waals surface area (Å²) in [7, 11) is 0. The summed E-state index contributed by atoms with van der Waals surface area (Å²) >= 11 is 0. The largest absolute Gasteiger partial charge is 0.486 e. The molecule has 6 heteroatoms. The molecule has 0 radical (unpaired) electrons. The van der Waals surface area contributed by atoms with Gasteiger partial charge in [-0.2, -0.15) is 0 Å². The smallest absolute Gasteiger partial charge is 0.247 e. The standard InChI is InChI=1S/C21H24N2O4/c1-14(2)22-21(25)20(16-6-4-3-5-7-16)23-19(24)13-15-8-9-17-18(12-15)27-11-10-26-17/h3-9,12,14,20H,10-11,13H2,1-2H3,(H,22,25)(H,23,24). The molecule has 142 valence electrons. The van der Waals surface area contributed by atoms with E-state index in [9.17, 15) is 9.59 Å². The monoisotopic (exact) mass is 368 g/mol. The quantitative estimate of drug-likeness (QED) is 0.821. The molecule has 0 aromatic heterocycles. The molecule has 6 nitrogen and oxygen atoms in total. The molecular weight excluding hydrogens is 344 g/mol. The van der Waals surface area contributed by atoms with Gasteiger partial charge in [-0.1, -0.05) is 36.4 Å². The molecule has 3 rings (SSSR count). The van der Waals surface area contributed by atoms with Gasteiger partial charge in [0.15, 0.2) is 11.5 Å². The molecule has 2 aromatic rings. The van der Waals surface area contributed by atoms with Crippen LogP contribution in [0.4, 0.5) is 0 Å². The normalized spacial score (nSPS) is 13.7. The maximum absolute atomic E-state index is 12.6. The molecule has 0 saturated carbocycles. The number of nitrogens with one attached hydrogen (secondary N) is 2. The van der Waals surface area contributed by atoms with Crippen LogP contribution in [0.1, 0.15) is 31.0 Å². The van der Waals surface area contributed by atoms with Crippen LogP contribution in [0.5, 0.6) is 11.5 Å². The lowest BCUT2D eigenvalue weighted by Gasteiger charge is -2.21. The third-order valence-corrected chi connectivity index (χ3v) is 4.10. The van der Waals surface area contributed by atoms with E-state index in [1.807, 2.05) is 50.2 Å². The number of amides is 2. The van der Waals surface area contributed by atoms with E-state index in [1.54, 1.807) is 12.1 Å². The number of benzene rings is 2. The third-order valence-electron chi connectivity index (χ3n) is 4.10. The summed E-state index contributed by atoms with van der Waals surface area (Å²) in [6, 6.07) is 13.9. The number of hydrogen-bond acceptors (Lipinski definition) is 4. The van der Waals surface area contributed by atoms with Crippen molar-refractivity contribution in [3.8, 4) is 11.5 Å². The maximum Gasteiger partial charge on any atom is 0.247 e. The molecule has 0 bridgehead atoms. The second kappa shape index (κ2) is 8.58. The molecule has 1 unspecified atom stereocenters. The van der Waals surface area contributed by atoms with E-state index in [0.717, 1.165) is 11.1 Å². The number of rotatable bonds is 6. The van der Waals surface area contributed by atoms with Gasteiger partial charge in [0, 0.05) is 6.04 Å². The maximum atomic E-state index is 12.6. The lowest BCUT2D eigenvalue weighted by molar-refractivity contribution is -0.129. The van der Waals surface area contributed by atoms with Crippen molar-refractivity contribution in [2.45, 2.75) is 32.4 Å². The molecule has 27 heavy (non-hydrogen) atoms. The van der Waals surface area contributed by atoms with Gasteiger partial charge in [0.1, 0.15) is 19.3 Å². The van der Waals surface area contributed by atoms with E-state index >= 15 is 0 Å². The second-order valence-corrected chi connectivity index (χ2v) is 6.73. The van der Waals surface area contributed by atoms with E-state index in [-0.39, 0.29) is 24.3 Å². The SMILES string of the molecule is CC(C)NC(=O)C(NC(=O)Cc1ccc2c(c1)OCCO2)c1ccccc1. The summed E-state index contributed by atoms with van der Waals surface area (Å²) in [5.74, 6) is 0.860. The summed E-state index contributed by atoms with van der Waals surface area (Å²) in [6.07, 6.45) is 0.148. The van der Waals surface area contributed by atoms with Gasteiger partial charge in [0.25, 0.3) is 0 Å². The van der Waals surface area contributed by atoms with Crippen molar-refractivity contribution in [3.63, 3.8) is 0 Å². The van der Waals surface area contributed by atoms with Crippen LogP contribution in [0.25, 0.3) is 0 Å². The molecule has 0 fully saturated rings. The Kier molecular flexibility index (Phi) is 5.96. The zero-order chi connectivity index (χ0) is 19.2. The highest BCUT2D eigenvalue weighted by atomic mass is 16.6. The zero-order valence-electron chi connectivity index (χ0n) is 15.5. The number of ether oxygens (including phenoxy) is 2. The predicted octanol–water partition coefficient (Wildman–Crippen LogP) is 2.38. The van der Waals surface area contributed by atoms with Crippen LogP contribution >= 0.6 is 0 Å². The third kappa shape index (κ3) is 5.00. The predicted molar refractivity (Wildman–Crippen MR) is 102 cm³/mol. The average molecular weight is 368 g/mol. The first-order chi connectivity index (χ1) is 13.0. The number of carbonyl (C=O) groups excluding carboxylic acids is 2.